The summed E-state index contributed by atoms with van der Waals surface area (Å²) in [5.74, 6) is -0.492. The van der Waals surface area contributed by atoms with Crippen LogP contribution in [0.4, 0.5) is 0 Å². The van der Waals surface area contributed by atoms with E-state index in [4.69, 9.17) is 4.74 Å². The monoisotopic (exact) mass is 303 g/mol. The zero-order valence-corrected chi connectivity index (χ0v) is 12.2. The number of rotatable bonds is 3. The molecule has 2 heterocycles. The Morgan fingerprint density at radius 2 is 2.23 bits per heavy atom. The van der Waals surface area contributed by atoms with Crippen molar-refractivity contribution in [3.05, 3.63) is 40.3 Å². The summed E-state index contributed by atoms with van der Waals surface area (Å²) in [7, 11) is 0. The number of nitrogens with zero attached hydrogens (tertiary/aromatic N) is 2. The molecular formula is C15H17N3O4. The summed E-state index contributed by atoms with van der Waals surface area (Å²) >= 11 is 0. The second-order valence-corrected chi connectivity index (χ2v) is 5.20. The van der Waals surface area contributed by atoms with E-state index in [1.807, 2.05) is 6.92 Å². The van der Waals surface area contributed by atoms with E-state index in [0.29, 0.717) is 17.6 Å². The Kier molecular flexibility index (Phi) is 3.91. The molecule has 1 amide bonds. The van der Waals surface area contributed by atoms with E-state index in [2.05, 4.69) is 9.97 Å². The Labute approximate surface area is 126 Å². The van der Waals surface area contributed by atoms with Crippen LogP contribution in [0.5, 0.6) is 0 Å². The largest absolute Gasteiger partial charge is 0.388 e. The third-order valence-electron chi connectivity index (χ3n) is 3.71. The smallest absolute Gasteiger partial charge is 0.280 e. The molecule has 3 rings (SSSR count). The van der Waals surface area contributed by atoms with Gasteiger partial charge in [0.1, 0.15) is 6.10 Å². The van der Waals surface area contributed by atoms with Gasteiger partial charge in [0, 0.05) is 19.7 Å². The number of aliphatic hydroxyl groups is 1. The lowest BCUT2D eigenvalue weighted by atomic mass is 10.3. The number of carbonyl (C=O) groups is 1. The first-order valence-corrected chi connectivity index (χ1v) is 7.18. The number of aromatic nitrogens is 2. The lowest BCUT2D eigenvalue weighted by Crippen LogP contribution is -2.35. The number of H-pyrrole nitrogens is 1. The molecule has 1 aliphatic rings. The van der Waals surface area contributed by atoms with Gasteiger partial charge in [-0.25, -0.2) is 4.98 Å². The van der Waals surface area contributed by atoms with E-state index in [9.17, 15) is 14.7 Å². The standard InChI is InChI=1S/C15H17N3O4/c1-2-22-12-8-18(7-11(12)19)15(21)13-14(20)17-10-6-4-3-5-9(10)16-13/h3-6,11-12,19H,2,7-8H2,1H3,(H,17,20)/t11-,12-/m1/s1. The molecule has 7 nitrogen and oxygen atoms in total. The number of β-amino-alcohol motifs (C(OH)–C–C–N with tert-alkyl or cyclic N) is 1. The Morgan fingerprint density at radius 3 is 3.00 bits per heavy atom. The first-order chi connectivity index (χ1) is 10.6. The van der Waals surface area contributed by atoms with Crippen LogP contribution in [0, 0.1) is 0 Å². The number of aliphatic hydroxyl groups excluding tert-OH is 1. The number of nitrogens with one attached hydrogen (secondary N) is 1. The first-order valence-electron chi connectivity index (χ1n) is 7.18. The Morgan fingerprint density at radius 1 is 1.45 bits per heavy atom. The third-order valence-corrected chi connectivity index (χ3v) is 3.71. The molecular weight excluding hydrogens is 286 g/mol. The topological polar surface area (TPSA) is 95.5 Å². The van der Waals surface area contributed by atoms with Gasteiger partial charge in [-0.2, -0.15) is 0 Å². The molecule has 1 aliphatic heterocycles. The summed E-state index contributed by atoms with van der Waals surface area (Å²) in [6.07, 6.45) is -1.17. The minimum Gasteiger partial charge on any atom is -0.388 e. The van der Waals surface area contributed by atoms with Crippen molar-refractivity contribution in [3.8, 4) is 0 Å². The predicted molar refractivity (Wildman–Crippen MR) is 79.7 cm³/mol. The van der Waals surface area contributed by atoms with Gasteiger partial charge in [0.2, 0.25) is 0 Å². The molecule has 0 saturated carbocycles. The maximum Gasteiger partial charge on any atom is 0.280 e. The third kappa shape index (κ3) is 2.60. The summed E-state index contributed by atoms with van der Waals surface area (Å²) in [5, 5.41) is 9.90. The van der Waals surface area contributed by atoms with Crippen LogP contribution in [-0.2, 0) is 4.74 Å². The number of amides is 1. The fourth-order valence-electron chi connectivity index (χ4n) is 2.62. The highest BCUT2D eigenvalue weighted by molar-refractivity contribution is 5.94. The maximum absolute atomic E-state index is 12.5. The van der Waals surface area contributed by atoms with E-state index < -0.39 is 23.7 Å². The lowest BCUT2D eigenvalue weighted by molar-refractivity contribution is -0.00237. The van der Waals surface area contributed by atoms with E-state index in [-0.39, 0.29) is 18.8 Å². The number of aromatic amines is 1. The number of carbonyl (C=O) groups excluding carboxylic acids is 1. The second-order valence-electron chi connectivity index (χ2n) is 5.20. The molecule has 1 aromatic heterocycles. The molecule has 0 unspecified atom stereocenters. The zero-order chi connectivity index (χ0) is 15.7. The summed E-state index contributed by atoms with van der Waals surface area (Å²) in [4.78, 5) is 32.8. The molecule has 2 atom stereocenters. The molecule has 1 saturated heterocycles. The van der Waals surface area contributed by atoms with E-state index in [0.717, 1.165) is 0 Å². The van der Waals surface area contributed by atoms with Crippen LogP contribution in [0.2, 0.25) is 0 Å². The van der Waals surface area contributed by atoms with Crippen LogP contribution in [0.1, 0.15) is 17.4 Å². The van der Waals surface area contributed by atoms with Gasteiger partial charge in [0.25, 0.3) is 11.5 Å². The van der Waals surface area contributed by atoms with Crippen LogP contribution in [0.3, 0.4) is 0 Å². The zero-order valence-electron chi connectivity index (χ0n) is 12.2. The Hall–Kier alpha value is -2.25. The van der Waals surface area contributed by atoms with Crippen molar-refractivity contribution in [2.24, 2.45) is 0 Å². The fourth-order valence-corrected chi connectivity index (χ4v) is 2.62. The molecule has 0 radical (unpaired) electrons. The van der Waals surface area contributed by atoms with Gasteiger partial charge in [-0.15, -0.1) is 0 Å². The van der Waals surface area contributed by atoms with Crippen molar-refractivity contribution in [2.45, 2.75) is 19.1 Å². The SMILES string of the molecule is CCO[C@@H]1CN(C(=O)c2nc3ccccc3[nH]c2=O)C[C@H]1O. The van der Waals surface area contributed by atoms with Crippen LogP contribution in [-0.4, -0.2) is 57.8 Å². The minimum absolute atomic E-state index is 0.136. The number of likely N-dealkylation sites (tertiary alicyclic amines) is 1. The normalized spacial score (nSPS) is 21.5. The number of ether oxygens (including phenoxy) is 1. The van der Waals surface area contributed by atoms with E-state index in [1.54, 1.807) is 24.3 Å². The van der Waals surface area contributed by atoms with Gasteiger partial charge in [0.15, 0.2) is 5.69 Å². The molecule has 2 aromatic rings. The van der Waals surface area contributed by atoms with Crippen molar-refractivity contribution in [1.29, 1.82) is 0 Å². The summed E-state index contributed by atoms with van der Waals surface area (Å²) in [5.41, 5.74) is 0.436. The van der Waals surface area contributed by atoms with Crippen LogP contribution in [0.25, 0.3) is 11.0 Å². The molecule has 2 N–H and O–H groups in total. The van der Waals surface area contributed by atoms with Crippen LogP contribution < -0.4 is 5.56 Å². The number of para-hydroxylation sites is 2. The van der Waals surface area contributed by atoms with Crippen molar-refractivity contribution < 1.29 is 14.6 Å². The van der Waals surface area contributed by atoms with Gasteiger partial charge in [-0.05, 0) is 19.1 Å². The van der Waals surface area contributed by atoms with E-state index in [1.165, 1.54) is 4.90 Å². The fraction of sp³-hybridized carbons (Fsp3) is 0.400. The van der Waals surface area contributed by atoms with Crippen molar-refractivity contribution in [2.75, 3.05) is 19.7 Å². The van der Waals surface area contributed by atoms with Crippen molar-refractivity contribution in [1.82, 2.24) is 14.9 Å². The number of hydrogen-bond acceptors (Lipinski definition) is 5. The number of fused-ring (bicyclic) bond motifs is 1. The molecule has 22 heavy (non-hydrogen) atoms. The van der Waals surface area contributed by atoms with Crippen LogP contribution >= 0.6 is 0 Å². The predicted octanol–water partition coefficient (Wildman–Crippen LogP) is 0.145. The average Bonchev–Trinajstić information content (AvgIpc) is 2.87. The summed E-state index contributed by atoms with van der Waals surface area (Å²) in [6, 6.07) is 7.02. The first kappa shape index (κ1) is 14.7. The minimum atomic E-state index is -0.747. The lowest BCUT2D eigenvalue weighted by Gasteiger charge is -2.15. The maximum atomic E-state index is 12.5. The van der Waals surface area contributed by atoms with Gasteiger partial charge in [-0.3, -0.25) is 9.59 Å². The van der Waals surface area contributed by atoms with Crippen LogP contribution in [0.15, 0.2) is 29.1 Å². The Bertz CT molecular complexity index is 758. The molecule has 7 heteroatoms. The molecule has 1 aromatic carbocycles. The van der Waals surface area contributed by atoms with E-state index >= 15 is 0 Å². The number of hydrogen-bond donors (Lipinski definition) is 2. The molecule has 0 aliphatic carbocycles. The molecule has 0 spiro atoms. The second kappa shape index (κ2) is 5.86. The highest BCUT2D eigenvalue weighted by Crippen LogP contribution is 2.16. The van der Waals surface area contributed by atoms with Crippen molar-refractivity contribution in [3.63, 3.8) is 0 Å². The summed E-state index contributed by atoms with van der Waals surface area (Å²) in [6.45, 7) is 2.67. The molecule has 1 fully saturated rings. The highest BCUT2D eigenvalue weighted by Gasteiger charge is 2.36. The van der Waals surface area contributed by atoms with Gasteiger partial charge in [-0.1, -0.05) is 12.1 Å². The van der Waals surface area contributed by atoms with Crippen molar-refractivity contribution >= 4 is 16.9 Å². The quantitative estimate of drug-likeness (QED) is 0.841. The summed E-state index contributed by atoms with van der Waals surface area (Å²) < 4.78 is 5.38. The van der Waals surface area contributed by atoms with Gasteiger partial charge >= 0.3 is 0 Å². The molecule has 116 valence electrons. The number of benzene rings is 1. The highest BCUT2D eigenvalue weighted by atomic mass is 16.5. The van der Waals surface area contributed by atoms with Gasteiger partial charge < -0.3 is 19.7 Å². The Balaban J connectivity index is 1.89. The molecule has 0 bridgehead atoms. The average molecular weight is 303 g/mol. The van der Waals surface area contributed by atoms with Gasteiger partial charge in [0.05, 0.1) is 17.1 Å².